The number of ether oxygens (including phenoxy) is 1. The molecular formula is C29H20F6O2S2. The second kappa shape index (κ2) is 8.10. The van der Waals surface area contributed by atoms with E-state index in [2.05, 4.69) is 0 Å². The lowest BCUT2D eigenvalue weighted by atomic mass is 9.71. The van der Waals surface area contributed by atoms with Gasteiger partial charge in [-0.15, -0.1) is 23.5 Å². The van der Waals surface area contributed by atoms with Crippen molar-refractivity contribution in [3.8, 4) is 5.75 Å². The molecule has 0 saturated heterocycles. The lowest BCUT2D eigenvalue weighted by Gasteiger charge is -2.47. The standard InChI is InChI=1S/C29H20F6O2S2/c1-15(36)37-18-11-9-17(10-12-18)22-14-20-24-23(27(30,31)29(34,35)28(24,32)33)19-13-21(16-7-5-4-6-8-16)38-25(19,2)26(20,3)39-22/h4-14H,1-3H3. The molecule has 2 aromatic carbocycles. The predicted octanol–water partition coefficient (Wildman–Crippen LogP) is 8.53. The molecule has 2 aliphatic carbocycles. The average molecular weight is 579 g/mol. The minimum atomic E-state index is -5.60. The number of thioether (sulfide) groups is 2. The van der Waals surface area contributed by atoms with Crippen molar-refractivity contribution in [1.29, 1.82) is 0 Å². The first-order valence-corrected chi connectivity index (χ1v) is 13.6. The van der Waals surface area contributed by atoms with E-state index in [0.717, 1.165) is 0 Å². The van der Waals surface area contributed by atoms with E-state index in [-0.39, 0.29) is 16.9 Å². The zero-order valence-electron chi connectivity index (χ0n) is 20.8. The molecule has 39 heavy (non-hydrogen) atoms. The maximum atomic E-state index is 15.4. The van der Waals surface area contributed by atoms with Crippen molar-refractivity contribution < 1.29 is 35.9 Å². The highest BCUT2D eigenvalue weighted by atomic mass is 32.2. The van der Waals surface area contributed by atoms with E-state index in [4.69, 9.17) is 4.74 Å². The Morgan fingerprint density at radius 1 is 0.692 bits per heavy atom. The normalized spacial score (nSPS) is 29.5. The molecule has 0 N–H and O–H groups in total. The zero-order chi connectivity index (χ0) is 28.2. The molecule has 6 rings (SSSR count). The molecule has 0 spiro atoms. The molecule has 0 radical (unpaired) electrons. The summed E-state index contributed by atoms with van der Waals surface area (Å²) in [6.07, 6.45) is 2.70. The second-order valence-electron chi connectivity index (χ2n) is 10.1. The van der Waals surface area contributed by atoms with Crippen molar-refractivity contribution in [2.75, 3.05) is 0 Å². The first-order valence-electron chi connectivity index (χ1n) is 11.9. The van der Waals surface area contributed by atoms with Crippen LogP contribution >= 0.6 is 23.5 Å². The summed E-state index contributed by atoms with van der Waals surface area (Å²) in [5, 5.41) is 0. The van der Waals surface area contributed by atoms with Crippen LogP contribution in [0.25, 0.3) is 9.81 Å². The number of benzene rings is 2. The van der Waals surface area contributed by atoms with Gasteiger partial charge >= 0.3 is 23.7 Å². The molecule has 2 aliphatic heterocycles. The molecule has 1 saturated carbocycles. The van der Waals surface area contributed by atoms with Gasteiger partial charge in [-0.3, -0.25) is 4.79 Å². The van der Waals surface area contributed by atoms with Crippen LogP contribution in [-0.4, -0.2) is 33.2 Å². The molecular weight excluding hydrogens is 558 g/mol. The number of carbonyl (C=O) groups is 1. The lowest BCUT2D eigenvalue weighted by Crippen LogP contribution is -2.48. The molecule has 4 aliphatic rings. The van der Waals surface area contributed by atoms with Crippen LogP contribution in [0.1, 0.15) is 31.9 Å². The summed E-state index contributed by atoms with van der Waals surface area (Å²) in [5.41, 5.74) is -1.79. The van der Waals surface area contributed by atoms with Gasteiger partial charge < -0.3 is 4.74 Å². The van der Waals surface area contributed by atoms with Crippen LogP contribution in [0.3, 0.4) is 0 Å². The van der Waals surface area contributed by atoms with E-state index in [1.165, 1.54) is 54.7 Å². The molecule has 2 heterocycles. The van der Waals surface area contributed by atoms with E-state index in [1.54, 1.807) is 56.3 Å². The van der Waals surface area contributed by atoms with Gasteiger partial charge in [0.1, 0.15) is 5.75 Å². The minimum absolute atomic E-state index is 0.207. The number of carbonyl (C=O) groups excluding carboxylic acids is 1. The van der Waals surface area contributed by atoms with Crippen LogP contribution < -0.4 is 4.74 Å². The number of alkyl halides is 6. The quantitative estimate of drug-likeness (QED) is 0.207. The van der Waals surface area contributed by atoms with Crippen LogP contribution in [0.15, 0.2) is 89.0 Å². The number of esters is 1. The highest BCUT2D eigenvalue weighted by molar-refractivity contribution is 8.14. The number of hydrogen-bond donors (Lipinski definition) is 0. The van der Waals surface area contributed by atoms with Gasteiger partial charge in [0.05, 0.1) is 9.49 Å². The van der Waals surface area contributed by atoms with Crippen molar-refractivity contribution >= 4 is 39.3 Å². The molecule has 0 amide bonds. The largest absolute Gasteiger partial charge is 0.427 e. The van der Waals surface area contributed by atoms with E-state index in [9.17, 15) is 13.6 Å². The first-order chi connectivity index (χ1) is 18.1. The van der Waals surface area contributed by atoms with E-state index in [0.29, 0.717) is 20.9 Å². The maximum Gasteiger partial charge on any atom is 0.380 e. The van der Waals surface area contributed by atoms with Gasteiger partial charge in [-0.05, 0) is 60.4 Å². The Labute approximate surface area is 228 Å². The van der Waals surface area contributed by atoms with Crippen LogP contribution in [0.4, 0.5) is 26.3 Å². The second-order valence-corrected chi connectivity index (χ2v) is 13.0. The zero-order valence-corrected chi connectivity index (χ0v) is 22.4. The predicted molar refractivity (Wildman–Crippen MR) is 141 cm³/mol. The molecule has 202 valence electrons. The third kappa shape index (κ3) is 3.30. The van der Waals surface area contributed by atoms with E-state index < -0.39 is 44.4 Å². The summed E-state index contributed by atoms with van der Waals surface area (Å²) in [6.45, 7) is 4.55. The molecule has 1 fully saturated rings. The van der Waals surface area contributed by atoms with Crippen LogP contribution in [-0.2, 0) is 4.79 Å². The van der Waals surface area contributed by atoms with Gasteiger partial charge in [-0.25, -0.2) is 0 Å². The molecule has 2 atom stereocenters. The van der Waals surface area contributed by atoms with Crippen molar-refractivity contribution in [1.82, 2.24) is 0 Å². The summed E-state index contributed by atoms with van der Waals surface area (Å²) < 4.78 is 94.0. The first kappa shape index (κ1) is 26.4. The molecule has 2 unspecified atom stereocenters. The highest BCUT2D eigenvalue weighted by Crippen LogP contribution is 2.75. The number of halogens is 6. The molecule has 0 aromatic heterocycles. The number of allylic oxidation sites excluding steroid dienone is 4. The average Bonchev–Trinajstić information content (AvgIpc) is 3.44. The summed E-state index contributed by atoms with van der Waals surface area (Å²) in [7, 11) is 0. The molecule has 2 aromatic rings. The topological polar surface area (TPSA) is 26.3 Å². The number of hydrogen-bond acceptors (Lipinski definition) is 4. The monoisotopic (exact) mass is 578 g/mol. The van der Waals surface area contributed by atoms with Crippen molar-refractivity contribution in [3.05, 3.63) is 100 Å². The van der Waals surface area contributed by atoms with Gasteiger partial charge in [0.25, 0.3) is 0 Å². The fraction of sp³-hybridized carbons (Fsp3) is 0.276. The number of rotatable bonds is 3. The summed E-state index contributed by atoms with van der Waals surface area (Å²) >= 11 is 2.39. The summed E-state index contributed by atoms with van der Waals surface area (Å²) in [4.78, 5) is 12.3. The number of fused-ring (bicyclic) bond motifs is 4. The van der Waals surface area contributed by atoms with Gasteiger partial charge in [0, 0.05) is 27.9 Å². The van der Waals surface area contributed by atoms with Gasteiger partial charge in [-0.1, -0.05) is 42.5 Å². The summed E-state index contributed by atoms with van der Waals surface area (Å²) in [5.74, 6) is -16.0. The Morgan fingerprint density at radius 2 is 1.13 bits per heavy atom. The Kier molecular flexibility index (Phi) is 5.48. The summed E-state index contributed by atoms with van der Waals surface area (Å²) in [6, 6.07) is 15.0. The Morgan fingerprint density at radius 3 is 1.56 bits per heavy atom. The third-order valence-electron chi connectivity index (χ3n) is 7.78. The SMILES string of the molecule is CC(=O)Oc1ccc(C2=CC3=C4C(=C5C=C(c6ccccc6)SC5(C)C3(C)S2)C(F)(F)C(F)(F)C4(F)F)cc1. The fourth-order valence-corrected chi connectivity index (χ4v) is 8.79. The van der Waals surface area contributed by atoms with Gasteiger partial charge in [0.2, 0.25) is 0 Å². The van der Waals surface area contributed by atoms with Crippen molar-refractivity contribution in [2.45, 2.75) is 48.0 Å². The lowest BCUT2D eigenvalue weighted by molar-refractivity contribution is -0.258. The molecule has 2 nitrogen and oxygen atoms in total. The smallest absolute Gasteiger partial charge is 0.380 e. The van der Waals surface area contributed by atoms with Gasteiger partial charge in [0.15, 0.2) is 0 Å². The van der Waals surface area contributed by atoms with E-state index >= 15 is 17.6 Å². The van der Waals surface area contributed by atoms with Crippen LogP contribution in [0.5, 0.6) is 5.75 Å². The maximum absolute atomic E-state index is 15.4. The van der Waals surface area contributed by atoms with Gasteiger partial charge in [-0.2, -0.15) is 26.3 Å². The van der Waals surface area contributed by atoms with Crippen molar-refractivity contribution in [3.63, 3.8) is 0 Å². The fourth-order valence-electron chi connectivity index (χ4n) is 5.65. The highest BCUT2D eigenvalue weighted by Gasteiger charge is 2.84. The molecule has 0 bridgehead atoms. The Hall–Kier alpha value is -2.85. The van der Waals surface area contributed by atoms with Crippen LogP contribution in [0.2, 0.25) is 0 Å². The third-order valence-corrected chi connectivity index (χ3v) is 11.1. The molecule has 10 heteroatoms. The Bertz CT molecular complexity index is 1560. The Balaban J connectivity index is 1.58. The van der Waals surface area contributed by atoms with Crippen LogP contribution in [0, 0.1) is 0 Å². The van der Waals surface area contributed by atoms with Crippen molar-refractivity contribution in [2.24, 2.45) is 0 Å². The minimum Gasteiger partial charge on any atom is -0.427 e. The van der Waals surface area contributed by atoms with E-state index in [1.807, 2.05) is 0 Å².